The first-order chi connectivity index (χ1) is 14.6. The number of benzene rings is 1. The molecule has 0 bridgehead atoms. The lowest BCUT2D eigenvalue weighted by Crippen LogP contribution is -2.49. The van der Waals surface area contributed by atoms with Gasteiger partial charge >= 0.3 is 0 Å². The maximum Gasteiger partial charge on any atom is 0.219 e. The Balaban J connectivity index is 1.42. The second kappa shape index (κ2) is 9.89. The standard InChI is InChI=1S/C21H26F2N4O2S/c1-28-19-13-18(27-7-5-16(6-8-27)26-9-11-29-12-10-26)24-21(25-19)30-14-15-3-2-4-17(22)20(15)23/h2-4,13,16H,5-12,14H2,1H3. The fourth-order valence-corrected chi connectivity index (χ4v) is 4.75. The van der Waals surface area contributed by atoms with Crippen LogP contribution in [0, 0.1) is 11.6 Å². The Bertz CT molecular complexity index is 859. The van der Waals surface area contributed by atoms with Crippen LogP contribution >= 0.6 is 11.8 Å². The minimum absolute atomic E-state index is 0.245. The molecule has 0 N–H and O–H groups in total. The van der Waals surface area contributed by atoms with Crippen molar-refractivity contribution in [3.05, 3.63) is 41.5 Å². The Morgan fingerprint density at radius 3 is 2.63 bits per heavy atom. The number of thioether (sulfide) groups is 1. The lowest BCUT2D eigenvalue weighted by molar-refractivity contribution is 0.0114. The highest BCUT2D eigenvalue weighted by atomic mass is 32.2. The Kier molecular flexibility index (Phi) is 7.01. The summed E-state index contributed by atoms with van der Waals surface area (Å²) in [7, 11) is 1.57. The van der Waals surface area contributed by atoms with Crippen LogP contribution in [-0.2, 0) is 10.5 Å². The van der Waals surface area contributed by atoms with Crippen molar-refractivity contribution in [2.45, 2.75) is 29.8 Å². The molecule has 0 spiro atoms. The van der Waals surface area contributed by atoms with Gasteiger partial charge in [0.2, 0.25) is 5.88 Å². The van der Waals surface area contributed by atoms with Gasteiger partial charge in [0.15, 0.2) is 16.8 Å². The van der Waals surface area contributed by atoms with Crippen LogP contribution in [0.5, 0.6) is 5.88 Å². The van der Waals surface area contributed by atoms with E-state index in [0.29, 0.717) is 22.6 Å². The molecular formula is C21H26F2N4O2S. The lowest BCUT2D eigenvalue weighted by atomic mass is 10.0. The van der Waals surface area contributed by atoms with Gasteiger partial charge in [-0.2, -0.15) is 4.98 Å². The second-order valence-electron chi connectivity index (χ2n) is 7.42. The Hall–Kier alpha value is -1.97. The minimum atomic E-state index is -0.844. The molecule has 162 valence electrons. The van der Waals surface area contributed by atoms with Gasteiger partial charge in [-0.25, -0.2) is 13.8 Å². The highest BCUT2D eigenvalue weighted by molar-refractivity contribution is 7.98. The normalized spacial score (nSPS) is 18.6. The van der Waals surface area contributed by atoms with Crippen molar-refractivity contribution in [1.82, 2.24) is 14.9 Å². The molecule has 30 heavy (non-hydrogen) atoms. The molecule has 6 nitrogen and oxygen atoms in total. The summed E-state index contributed by atoms with van der Waals surface area (Å²) in [6, 6.07) is 6.61. The van der Waals surface area contributed by atoms with Crippen LogP contribution in [0.1, 0.15) is 18.4 Å². The van der Waals surface area contributed by atoms with Gasteiger partial charge < -0.3 is 14.4 Å². The van der Waals surface area contributed by atoms with Gasteiger partial charge in [-0.3, -0.25) is 4.90 Å². The monoisotopic (exact) mass is 436 g/mol. The van der Waals surface area contributed by atoms with E-state index in [9.17, 15) is 8.78 Å². The number of morpholine rings is 1. The molecule has 1 aromatic carbocycles. The van der Waals surface area contributed by atoms with E-state index in [-0.39, 0.29) is 5.75 Å². The van der Waals surface area contributed by atoms with Gasteiger partial charge in [-0.1, -0.05) is 23.9 Å². The maximum atomic E-state index is 13.9. The molecule has 4 rings (SSSR count). The minimum Gasteiger partial charge on any atom is -0.481 e. The van der Waals surface area contributed by atoms with Crippen molar-refractivity contribution in [2.75, 3.05) is 51.4 Å². The predicted molar refractivity (Wildman–Crippen MR) is 112 cm³/mol. The van der Waals surface area contributed by atoms with Gasteiger partial charge in [-0.05, 0) is 18.9 Å². The van der Waals surface area contributed by atoms with E-state index < -0.39 is 11.6 Å². The first-order valence-electron chi connectivity index (χ1n) is 10.2. The third-order valence-corrected chi connectivity index (χ3v) is 6.51. The van der Waals surface area contributed by atoms with E-state index in [0.717, 1.165) is 64.1 Å². The van der Waals surface area contributed by atoms with E-state index >= 15 is 0 Å². The lowest BCUT2D eigenvalue weighted by Gasteiger charge is -2.40. The van der Waals surface area contributed by atoms with Crippen molar-refractivity contribution >= 4 is 17.6 Å². The van der Waals surface area contributed by atoms with Gasteiger partial charge in [0.25, 0.3) is 0 Å². The number of anilines is 1. The third-order valence-electron chi connectivity index (χ3n) is 5.62. The Morgan fingerprint density at radius 1 is 1.13 bits per heavy atom. The molecule has 2 fully saturated rings. The first-order valence-corrected chi connectivity index (χ1v) is 11.2. The van der Waals surface area contributed by atoms with Crippen LogP contribution in [0.4, 0.5) is 14.6 Å². The van der Waals surface area contributed by atoms with E-state index in [1.54, 1.807) is 13.2 Å². The molecule has 2 saturated heterocycles. The van der Waals surface area contributed by atoms with Crippen molar-refractivity contribution < 1.29 is 18.3 Å². The summed E-state index contributed by atoms with van der Waals surface area (Å²) < 4.78 is 38.2. The quantitative estimate of drug-likeness (QED) is 0.508. The highest BCUT2D eigenvalue weighted by Crippen LogP contribution is 2.29. The van der Waals surface area contributed by atoms with Crippen molar-refractivity contribution in [3.63, 3.8) is 0 Å². The fourth-order valence-electron chi connectivity index (χ4n) is 3.93. The Morgan fingerprint density at radius 2 is 1.90 bits per heavy atom. The molecule has 0 amide bonds. The number of aromatic nitrogens is 2. The number of ether oxygens (including phenoxy) is 2. The van der Waals surface area contributed by atoms with Crippen LogP contribution in [0.25, 0.3) is 0 Å². The summed E-state index contributed by atoms with van der Waals surface area (Å²) in [6.45, 7) is 5.45. The molecule has 2 aromatic rings. The largest absolute Gasteiger partial charge is 0.481 e. The van der Waals surface area contributed by atoms with Gasteiger partial charge in [0, 0.05) is 49.6 Å². The van der Waals surface area contributed by atoms with Crippen molar-refractivity contribution in [2.24, 2.45) is 0 Å². The van der Waals surface area contributed by atoms with Crippen LogP contribution in [0.2, 0.25) is 0 Å². The molecule has 0 radical (unpaired) electrons. The molecule has 9 heteroatoms. The van der Waals surface area contributed by atoms with E-state index in [4.69, 9.17) is 9.47 Å². The summed E-state index contributed by atoms with van der Waals surface area (Å²) >= 11 is 1.27. The van der Waals surface area contributed by atoms with E-state index in [2.05, 4.69) is 19.8 Å². The number of piperidine rings is 1. The van der Waals surface area contributed by atoms with Gasteiger partial charge in [0.05, 0.1) is 20.3 Å². The zero-order valence-corrected chi connectivity index (χ0v) is 17.8. The molecule has 1 aromatic heterocycles. The van der Waals surface area contributed by atoms with Gasteiger partial charge in [0.1, 0.15) is 5.82 Å². The van der Waals surface area contributed by atoms with Crippen LogP contribution in [0.15, 0.2) is 29.4 Å². The Labute approximate surface area is 179 Å². The molecule has 0 atom stereocenters. The zero-order valence-electron chi connectivity index (χ0n) is 17.0. The molecule has 0 saturated carbocycles. The first kappa shape index (κ1) is 21.3. The number of nitrogens with zero attached hydrogens (tertiary/aromatic N) is 4. The van der Waals surface area contributed by atoms with Crippen molar-refractivity contribution in [1.29, 1.82) is 0 Å². The molecule has 2 aliphatic heterocycles. The SMILES string of the molecule is COc1cc(N2CCC(N3CCOCC3)CC2)nc(SCc2cccc(F)c2F)n1. The summed E-state index contributed by atoms with van der Waals surface area (Å²) in [5.41, 5.74) is 0.291. The topological polar surface area (TPSA) is 50.7 Å². The average Bonchev–Trinajstić information content (AvgIpc) is 2.80. The molecule has 3 heterocycles. The van der Waals surface area contributed by atoms with E-state index in [1.165, 1.54) is 17.8 Å². The summed E-state index contributed by atoms with van der Waals surface area (Å²) in [5.74, 6) is -0.140. The smallest absolute Gasteiger partial charge is 0.219 e. The summed E-state index contributed by atoms with van der Waals surface area (Å²) in [5, 5.41) is 0.489. The predicted octanol–water partition coefficient (Wildman–Crippen LogP) is 3.36. The average molecular weight is 437 g/mol. The number of methoxy groups -OCH3 is 1. The van der Waals surface area contributed by atoms with Crippen LogP contribution < -0.4 is 9.64 Å². The number of halogens is 2. The highest BCUT2D eigenvalue weighted by Gasteiger charge is 2.27. The summed E-state index contributed by atoms with van der Waals surface area (Å²) in [4.78, 5) is 13.8. The fraction of sp³-hybridized carbons (Fsp3) is 0.524. The number of hydrogen-bond acceptors (Lipinski definition) is 7. The van der Waals surface area contributed by atoms with Crippen LogP contribution in [0.3, 0.4) is 0 Å². The summed E-state index contributed by atoms with van der Waals surface area (Å²) in [6.07, 6.45) is 2.15. The number of hydrogen-bond donors (Lipinski definition) is 0. The molecule has 2 aliphatic rings. The van der Waals surface area contributed by atoms with E-state index in [1.807, 2.05) is 6.07 Å². The number of rotatable bonds is 6. The zero-order chi connectivity index (χ0) is 20.9. The van der Waals surface area contributed by atoms with Gasteiger partial charge in [-0.15, -0.1) is 0 Å². The molecule has 0 aliphatic carbocycles. The van der Waals surface area contributed by atoms with Crippen LogP contribution in [-0.4, -0.2) is 67.4 Å². The molecule has 0 unspecified atom stereocenters. The van der Waals surface area contributed by atoms with Crippen molar-refractivity contribution in [3.8, 4) is 5.88 Å². The maximum absolute atomic E-state index is 13.9. The molecular weight excluding hydrogens is 410 g/mol. The second-order valence-corrected chi connectivity index (χ2v) is 8.36. The third kappa shape index (κ3) is 5.01.